The summed E-state index contributed by atoms with van der Waals surface area (Å²) < 4.78 is 0.924. The number of H-pyrrole nitrogens is 1. The van der Waals surface area contributed by atoms with Gasteiger partial charge in [-0.05, 0) is 0 Å². The first-order valence-electron chi connectivity index (χ1n) is 6.90. The molecule has 3 heterocycles. The van der Waals surface area contributed by atoms with Crippen molar-refractivity contribution in [2.75, 3.05) is 37.5 Å². The molecule has 0 aromatic carbocycles. The third-order valence-corrected chi connectivity index (χ3v) is 4.50. The Morgan fingerprint density at radius 3 is 2.95 bits per heavy atom. The monoisotopic (exact) mass is 320 g/mol. The number of pyridine rings is 1. The molecule has 4 N–H and O–H groups in total. The van der Waals surface area contributed by atoms with Crippen molar-refractivity contribution in [3.63, 3.8) is 0 Å². The SMILES string of the molecule is CN(C)c1cc[nH+]c2sc3c(NC[C@H](O)CO)ncnc3c12. The molecule has 1 atom stereocenters. The van der Waals surface area contributed by atoms with Crippen LogP contribution in [0.1, 0.15) is 0 Å². The number of nitrogens with one attached hydrogen (secondary N) is 2. The quantitative estimate of drug-likeness (QED) is 0.633. The minimum absolute atomic E-state index is 0.237. The van der Waals surface area contributed by atoms with E-state index in [9.17, 15) is 5.11 Å². The van der Waals surface area contributed by atoms with Crippen LogP contribution >= 0.6 is 11.3 Å². The van der Waals surface area contributed by atoms with Crippen molar-refractivity contribution in [2.24, 2.45) is 0 Å². The number of aromatic nitrogens is 3. The average molecular weight is 320 g/mol. The van der Waals surface area contributed by atoms with E-state index in [0.717, 1.165) is 26.1 Å². The molecule has 0 spiro atoms. The lowest BCUT2D eigenvalue weighted by Crippen LogP contribution is -2.23. The second-order valence-corrected chi connectivity index (χ2v) is 6.20. The Hall–Kier alpha value is -2.03. The van der Waals surface area contributed by atoms with Crippen molar-refractivity contribution < 1.29 is 15.2 Å². The van der Waals surface area contributed by atoms with E-state index < -0.39 is 6.10 Å². The van der Waals surface area contributed by atoms with Crippen molar-refractivity contribution >= 4 is 43.3 Å². The van der Waals surface area contributed by atoms with Crippen molar-refractivity contribution in [1.82, 2.24) is 9.97 Å². The van der Waals surface area contributed by atoms with Crippen LogP contribution in [-0.4, -0.2) is 53.5 Å². The zero-order valence-corrected chi connectivity index (χ0v) is 13.2. The van der Waals surface area contributed by atoms with Gasteiger partial charge in [0.1, 0.15) is 27.7 Å². The third kappa shape index (κ3) is 2.56. The smallest absolute Gasteiger partial charge is 0.272 e. The molecule has 0 bridgehead atoms. The molecule has 7 nitrogen and oxygen atoms in total. The number of aliphatic hydroxyl groups is 2. The number of thiophene rings is 1. The fourth-order valence-corrected chi connectivity index (χ4v) is 3.41. The molecule has 3 aromatic heterocycles. The number of hydrogen-bond acceptors (Lipinski definition) is 7. The predicted octanol–water partition coefficient (Wildman–Crippen LogP) is 0.490. The van der Waals surface area contributed by atoms with Gasteiger partial charge in [-0.1, -0.05) is 11.3 Å². The number of hydrogen-bond donors (Lipinski definition) is 3. The van der Waals surface area contributed by atoms with Gasteiger partial charge in [0.15, 0.2) is 6.20 Å². The summed E-state index contributed by atoms with van der Waals surface area (Å²) in [4.78, 5) is 15.0. The Bertz CT molecular complexity index is 804. The van der Waals surface area contributed by atoms with Crippen LogP contribution in [0.25, 0.3) is 20.4 Å². The summed E-state index contributed by atoms with van der Waals surface area (Å²) in [5.41, 5.74) is 1.96. The second kappa shape index (κ2) is 5.99. The minimum Gasteiger partial charge on any atom is -0.394 e. The summed E-state index contributed by atoms with van der Waals surface area (Å²) in [5.74, 6) is 0.664. The minimum atomic E-state index is -0.816. The number of aromatic amines is 1. The first-order chi connectivity index (χ1) is 10.6. The van der Waals surface area contributed by atoms with E-state index in [-0.39, 0.29) is 13.2 Å². The molecule has 0 saturated carbocycles. The van der Waals surface area contributed by atoms with Crippen LogP contribution < -0.4 is 15.2 Å². The van der Waals surface area contributed by atoms with E-state index >= 15 is 0 Å². The summed E-state index contributed by atoms with van der Waals surface area (Å²) in [7, 11) is 3.99. The number of anilines is 2. The van der Waals surface area contributed by atoms with E-state index in [0.29, 0.717) is 5.82 Å². The molecule has 0 aliphatic heterocycles. The molecule has 3 rings (SSSR count). The second-order valence-electron chi connectivity index (χ2n) is 5.18. The fourth-order valence-electron chi connectivity index (χ4n) is 2.31. The highest BCUT2D eigenvalue weighted by molar-refractivity contribution is 7.25. The molecular formula is C14H18N5O2S+. The Balaban J connectivity index is 2.13. The zero-order valence-electron chi connectivity index (χ0n) is 12.4. The maximum absolute atomic E-state index is 9.48. The van der Waals surface area contributed by atoms with Gasteiger partial charge in [0.05, 0.1) is 18.4 Å². The van der Waals surface area contributed by atoms with Gasteiger partial charge in [0.2, 0.25) is 0 Å². The molecule has 0 saturated heterocycles. The Kier molecular flexibility index (Phi) is 4.06. The van der Waals surface area contributed by atoms with E-state index in [1.165, 1.54) is 6.33 Å². The van der Waals surface area contributed by atoms with Crippen molar-refractivity contribution in [3.8, 4) is 0 Å². The highest BCUT2D eigenvalue weighted by atomic mass is 32.1. The first-order valence-corrected chi connectivity index (χ1v) is 7.71. The molecule has 116 valence electrons. The van der Waals surface area contributed by atoms with E-state index in [2.05, 4.69) is 20.3 Å². The number of aliphatic hydroxyl groups excluding tert-OH is 2. The molecule has 3 aromatic rings. The molecule has 0 aliphatic rings. The molecule has 22 heavy (non-hydrogen) atoms. The highest BCUT2D eigenvalue weighted by Gasteiger charge is 2.19. The van der Waals surface area contributed by atoms with Gasteiger partial charge in [-0.2, -0.15) is 0 Å². The number of fused-ring (bicyclic) bond motifs is 3. The van der Waals surface area contributed by atoms with Crippen LogP contribution in [0.5, 0.6) is 0 Å². The summed E-state index contributed by atoms with van der Waals surface area (Å²) in [6, 6.07) is 2.01. The van der Waals surface area contributed by atoms with Crippen LogP contribution in [0, 0.1) is 0 Å². The van der Waals surface area contributed by atoms with Crippen LogP contribution in [0.3, 0.4) is 0 Å². The number of nitrogens with zero attached hydrogens (tertiary/aromatic N) is 3. The maximum atomic E-state index is 9.48. The highest BCUT2D eigenvalue weighted by Crippen LogP contribution is 2.37. The van der Waals surface area contributed by atoms with Crippen molar-refractivity contribution in [2.45, 2.75) is 6.10 Å². The van der Waals surface area contributed by atoms with E-state index in [1.807, 2.05) is 31.3 Å². The van der Waals surface area contributed by atoms with Gasteiger partial charge in [-0.15, -0.1) is 0 Å². The van der Waals surface area contributed by atoms with Gasteiger partial charge < -0.3 is 20.4 Å². The lowest BCUT2D eigenvalue weighted by atomic mass is 10.2. The summed E-state index contributed by atoms with van der Waals surface area (Å²) in [5, 5.41) is 22.5. The van der Waals surface area contributed by atoms with Gasteiger partial charge in [0.25, 0.3) is 4.83 Å². The molecular weight excluding hydrogens is 302 g/mol. The maximum Gasteiger partial charge on any atom is 0.272 e. The Morgan fingerprint density at radius 2 is 2.23 bits per heavy atom. The molecule has 0 fully saturated rings. The van der Waals surface area contributed by atoms with Crippen molar-refractivity contribution in [1.29, 1.82) is 0 Å². The molecule has 8 heteroatoms. The fraction of sp³-hybridized carbons (Fsp3) is 0.357. The normalized spacial score (nSPS) is 12.7. The van der Waals surface area contributed by atoms with Crippen LogP contribution in [0.2, 0.25) is 0 Å². The molecule has 0 amide bonds. The van der Waals surface area contributed by atoms with Gasteiger partial charge in [-0.25, -0.2) is 15.0 Å². The standard InChI is InChI=1S/C14H17N5O2S/c1-19(2)9-3-4-15-14-10(9)11-12(22-14)13(18-7-17-11)16-5-8(21)6-20/h3-4,7-8,20-21H,5-6H2,1-2H3,(H,16,17,18)/p+1/t8-/m0/s1. The topological polar surface area (TPSA) is 95.7 Å². The lowest BCUT2D eigenvalue weighted by Gasteiger charge is -2.12. The van der Waals surface area contributed by atoms with Gasteiger partial charge in [-0.3, -0.25) is 0 Å². The average Bonchev–Trinajstić information content (AvgIpc) is 2.91. The zero-order chi connectivity index (χ0) is 15.7. The van der Waals surface area contributed by atoms with Crippen molar-refractivity contribution in [3.05, 3.63) is 18.6 Å². The molecule has 0 unspecified atom stereocenters. The molecule has 0 aliphatic carbocycles. The lowest BCUT2D eigenvalue weighted by molar-refractivity contribution is -0.341. The largest absolute Gasteiger partial charge is 0.394 e. The molecule has 0 radical (unpaired) electrons. The third-order valence-electron chi connectivity index (χ3n) is 3.38. The van der Waals surface area contributed by atoms with Crippen LogP contribution in [0.15, 0.2) is 18.6 Å². The predicted molar refractivity (Wildman–Crippen MR) is 87.4 cm³/mol. The van der Waals surface area contributed by atoms with E-state index in [1.54, 1.807) is 11.3 Å². The van der Waals surface area contributed by atoms with Gasteiger partial charge in [0, 0.05) is 26.7 Å². The Labute approximate surface area is 131 Å². The number of rotatable bonds is 5. The summed E-state index contributed by atoms with van der Waals surface area (Å²) >= 11 is 1.57. The summed E-state index contributed by atoms with van der Waals surface area (Å²) in [6.07, 6.45) is 2.60. The van der Waals surface area contributed by atoms with Crippen LogP contribution in [0.4, 0.5) is 11.5 Å². The first kappa shape index (κ1) is 14.9. The summed E-state index contributed by atoms with van der Waals surface area (Å²) in [6.45, 7) is -0.0483. The Morgan fingerprint density at radius 1 is 1.41 bits per heavy atom. The van der Waals surface area contributed by atoms with E-state index in [4.69, 9.17) is 5.11 Å². The van der Waals surface area contributed by atoms with Gasteiger partial charge >= 0.3 is 0 Å². The van der Waals surface area contributed by atoms with Crippen LogP contribution in [-0.2, 0) is 0 Å².